The number of piperidine rings is 1. The van der Waals surface area contributed by atoms with Crippen molar-refractivity contribution in [2.24, 2.45) is 0 Å². The normalized spacial score (nSPS) is 20.6. The molecule has 2 aromatic rings. The SMILES string of the molecule is CN1CCC[C@H](c2nc(-c3ccc(Cl)cc3)no2)C1. The van der Waals surface area contributed by atoms with Gasteiger partial charge in [-0.05, 0) is 50.7 Å². The van der Waals surface area contributed by atoms with Gasteiger partial charge in [0.25, 0.3) is 0 Å². The van der Waals surface area contributed by atoms with Crippen molar-refractivity contribution in [3.05, 3.63) is 35.2 Å². The minimum atomic E-state index is 0.354. The lowest BCUT2D eigenvalue weighted by molar-refractivity contribution is 0.220. The average molecular weight is 278 g/mol. The molecule has 0 radical (unpaired) electrons. The lowest BCUT2D eigenvalue weighted by atomic mass is 9.98. The van der Waals surface area contributed by atoms with E-state index in [-0.39, 0.29) is 0 Å². The number of likely N-dealkylation sites (N-methyl/N-ethyl adjacent to an activating group) is 1. The summed E-state index contributed by atoms with van der Waals surface area (Å²) in [5, 5.41) is 4.78. The third-order valence-corrected chi connectivity index (χ3v) is 3.77. The van der Waals surface area contributed by atoms with Crippen molar-refractivity contribution in [2.75, 3.05) is 20.1 Å². The van der Waals surface area contributed by atoms with E-state index in [0.717, 1.165) is 31.0 Å². The van der Waals surface area contributed by atoms with Crippen LogP contribution in [0.3, 0.4) is 0 Å². The van der Waals surface area contributed by atoms with E-state index < -0.39 is 0 Å². The Morgan fingerprint density at radius 2 is 2.11 bits per heavy atom. The second-order valence-corrected chi connectivity index (χ2v) is 5.50. The Morgan fingerprint density at radius 3 is 2.84 bits per heavy atom. The van der Waals surface area contributed by atoms with Crippen LogP contribution in [0.2, 0.25) is 5.02 Å². The van der Waals surface area contributed by atoms with Crippen molar-refractivity contribution in [1.29, 1.82) is 0 Å². The Bertz CT molecular complexity index is 552. The predicted octanol–water partition coefficient (Wildman–Crippen LogP) is 3.20. The first-order valence-corrected chi connectivity index (χ1v) is 6.88. The number of rotatable bonds is 2. The van der Waals surface area contributed by atoms with E-state index in [1.165, 1.54) is 6.42 Å². The first kappa shape index (κ1) is 12.6. The second kappa shape index (κ2) is 5.31. The first-order valence-electron chi connectivity index (χ1n) is 6.50. The molecule has 1 aliphatic rings. The molecule has 0 saturated carbocycles. The van der Waals surface area contributed by atoms with Crippen LogP contribution in [0.5, 0.6) is 0 Å². The van der Waals surface area contributed by atoms with Crippen molar-refractivity contribution >= 4 is 11.6 Å². The van der Waals surface area contributed by atoms with Crippen LogP contribution in [-0.2, 0) is 0 Å². The summed E-state index contributed by atoms with van der Waals surface area (Å²) < 4.78 is 5.42. The third kappa shape index (κ3) is 2.80. The maximum Gasteiger partial charge on any atom is 0.231 e. The summed E-state index contributed by atoms with van der Waals surface area (Å²) in [6.07, 6.45) is 2.30. The smallest absolute Gasteiger partial charge is 0.231 e. The van der Waals surface area contributed by atoms with Gasteiger partial charge >= 0.3 is 0 Å². The number of benzene rings is 1. The molecule has 0 aliphatic carbocycles. The van der Waals surface area contributed by atoms with Crippen LogP contribution in [0, 0.1) is 0 Å². The molecule has 1 saturated heterocycles. The van der Waals surface area contributed by atoms with Gasteiger partial charge in [0.2, 0.25) is 11.7 Å². The molecule has 1 atom stereocenters. The van der Waals surface area contributed by atoms with E-state index >= 15 is 0 Å². The number of aromatic nitrogens is 2. The number of hydrogen-bond donors (Lipinski definition) is 0. The monoisotopic (exact) mass is 277 g/mol. The number of likely N-dealkylation sites (tertiary alicyclic amines) is 1. The molecule has 2 heterocycles. The Morgan fingerprint density at radius 1 is 1.32 bits per heavy atom. The lowest BCUT2D eigenvalue weighted by Crippen LogP contribution is -2.30. The van der Waals surface area contributed by atoms with Crippen LogP contribution in [0.1, 0.15) is 24.7 Å². The van der Waals surface area contributed by atoms with Crippen LogP contribution in [0.4, 0.5) is 0 Å². The Balaban J connectivity index is 1.81. The molecule has 1 aromatic heterocycles. The Kier molecular flexibility index (Phi) is 3.53. The molecule has 1 aliphatic heterocycles. The number of hydrogen-bond acceptors (Lipinski definition) is 4. The highest BCUT2D eigenvalue weighted by Crippen LogP contribution is 2.27. The largest absolute Gasteiger partial charge is 0.339 e. The highest BCUT2D eigenvalue weighted by atomic mass is 35.5. The van der Waals surface area contributed by atoms with E-state index in [9.17, 15) is 0 Å². The first-order chi connectivity index (χ1) is 9.22. The molecule has 1 fully saturated rings. The van der Waals surface area contributed by atoms with Gasteiger partial charge in [-0.15, -0.1) is 0 Å². The van der Waals surface area contributed by atoms with Gasteiger partial charge in [-0.3, -0.25) is 0 Å². The highest BCUT2D eigenvalue weighted by Gasteiger charge is 2.24. The van der Waals surface area contributed by atoms with E-state index in [1.807, 2.05) is 24.3 Å². The van der Waals surface area contributed by atoms with Crippen molar-refractivity contribution in [1.82, 2.24) is 15.0 Å². The van der Waals surface area contributed by atoms with Gasteiger partial charge in [-0.2, -0.15) is 4.98 Å². The zero-order chi connectivity index (χ0) is 13.2. The zero-order valence-corrected chi connectivity index (χ0v) is 11.6. The minimum absolute atomic E-state index is 0.354. The Hall–Kier alpha value is -1.39. The molecular formula is C14H16ClN3O. The molecule has 100 valence electrons. The predicted molar refractivity (Wildman–Crippen MR) is 74.2 cm³/mol. The van der Waals surface area contributed by atoms with Gasteiger partial charge in [0.15, 0.2) is 0 Å². The second-order valence-electron chi connectivity index (χ2n) is 5.06. The van der Waals surface area contributed by atoms with Gasteiger partial charge < -0.3 is 9.42 Å². The van der Waals surface area contributed by atoms with Crippen LogP contribution < -0.4 is 0 Å². The summed E-state index contributed by atoms with van der Waals surface area (Å²) in [5.74, 6) is 1.74. The van der Waals surface area contributed by atoms with Crippen molar-refractivity contribution in [3.63, 3.8) is 0 Å². The van der Waals surface area contributed by atoms with Crippen LogP contribution in [0.25, 0.3) is 11.4 Å². The molecule has 4 nitrogen and oxygen atoms in total. The molecule has 0 unspecified atom stereocenters. The van der Waals surface area contributed by atoms with Crippen molar-refractivity contribution in [2.45, 2.75) is 18.8 Å². The molecule has 1 aromatic carbocycles. The minimum Gasteiger partial charge on any atom is -0.339 e. The van der Waals surface area contributed by atoms with Gasteiger partial charge in [0.05, 0.1) is 5.92 Å². The van der Waals surface area contributed by atoms with Gasteiger partial charge in [-0.25, -0.2) is 0 Å². The van der Waals surface area contributed by atoms with E-state index in [1.54, 1.807) is 0 Å². The zero-order valence-electron chi connectivity index (χ0n) is 10.8. The molecule has 0 amide bonds. The summed E-state index contributed by atoms with van der Waals surface area (Å²) in [7, 11) is 2.13. The van der Waals surface area contributed by atoms with Crippen LogP contribution in [-0.4, -0.2) is 35.2 Å². The van der Waals surface area contributed by atoms with Crippen LogP contribution >= 0.6 is 11.6 Å². The topological polar surface area (TPSA) is 42.2 Å². The Labute approximate surface area is 117 Å². The summed E-state index contributed by atoms with van der Waals surface area (Å²) >= 11 is 5.87. The standard InChI is InChI=1S/C14H16ClN3O/c1-18-8-2-3-11(9-18)14-16-13(17-19-14)10-4-6-12(15)7-5-10/h4-7,11H,2-3,8-9H2,1H3/t11-/m0/s1. The fourth-order valence-corrected chi connectivity index (χ4v) is 2.61. The third-order valence-electron chi connectivity index (χ3n) is 3.52. The molecule has 0 N–H and O–H groups in total. The lowest BCUT2D eigenvalue weighted by Gasteiger charge is -2.27. The van der Waals surface area contributed by atoms with Crippen molar-refractivity contribution < 1.29 is 4.52 Å². The van der Waals surface area contributed by atoms with Crippen LogP contribution in [0.15, 0.2) is 28.8 Å². The summed E-state index contributed by atoms with van der Waals surface area (Å²) in [6, 6.07) is 7.48. The maximum absolute atomic E-state index is 5.87. The summed E-state index contributed by atoms with van der Waals surface area (Å²) in [5.41, 5.74) is 0.934. The van der Waals surface area contributed by atoms with Gasteiger partial charge in [0.1, 0.15) is 0 Å². The molecule has 19 heavy (non-hydrogen) atoms. The number of halogens is 1. The fraction of sp³-hybridized carbons (Fsp3) is 0.429. The highest BCUT2D eigenvalue weighted by molar-refractivity contribution is 6.30. The fourth-order valence-electron chi connectivity index (χ4n) is 2.49. The maximum atomic E-state index is 5.87. The summed E-state index contributed by atoms with van der Waals surface area (Å²) in [6.45, 7) is 2.14. The van der Waals surface area contributed by atoms with Gasteiger partial charge in [0, 0.05) is 17.1 Å². The van der Waals surface area contributed by atoms with E-state index in [2.05, 4.69) is 22.1 Å². The van der Waals surface area contributed by atoms with Gasteiger partial charge in [-0.1, -0.05) is 16.8 Å². The molecule has 0 bridgehead atoms. The average Bonchev–Trinajstić information content (AvgIpc) is 2.89. The van der Waals surface area contributed by atoms with Crippen molar-refractivity contribution in [3.8, 4) is 11.4 Å². The molecular weight excluding hydrogens is 262 g/mol. The molecule has 0 spiro atoms. The molecule has 3 rings (SSSR count). The molecule has 5 heteroatoms. The van der Waals surface area contributed by atoms with E-state index in [0.29, 0.717) is 16.8 Å². The number of nitrogens with zero attached hydrogens (tertiary/aromatic N) is 3. The van der Waals surface area contributed by atoms with E-state index in [4.69, 9.17) is 16.1 Å². The summed E-state index contributed by atoms with van der Waals surface area (Å²) in [4.78, 5) is 6.83. The quantitative estimate of drug-likeness (QED) is 0.845.